The molecule has 80 valence electrons. The molecule has 0 aliphatic rings. The van der Waals surface area contributed by atoms with Crippen molar-refractivity contribution in [3.8, 4) is 0 Å². The van der Waals surface area contributed by atoms with Crippen molar-refractivity contribution in [2.24, 2.45) is 5.92 Å². The van der Waals surface area contributed by atoms with Gasteiger partial charge in [-0.25, -0.2) is 0 Å². The lowest BCUT2D eigenvalue weighted by Gasteiger charge is -2.10. The van der Waals surface area contributed by atoms with E-state index in [-0.39, 0.29) is 23.3 Å². The summed E-state index contributed by atoms with van der Waals surface area (Å²) >= 11 is 0. The maximum absolute atomic E-state index is 11.1. The van der Waals surface area contributed by atoms with Gasteiger partial charge in [-0.15, -0.1) is 0 Å². The SMILES string of the molecule is CCC(=O)C[C@@H](CCC(C)=O)C(C)=O. The molecule has 0 saturated heterocycles. The van der Waals surface area contributed by atoms with Gasteiger partial charge in [-0.2, -0.15) is 0 Å². The molecule has 0 spiro atoms. The molecule has 0 bridgehead atoms. The van der Waals surface area contributed by atoms with E-state index in [4.69, 9.17) is 0 Å². The number of rotatable bonds is 7. The molecule has 0 fully saturated rings. The van der Waals surface area contributed by atoms with Gasteiger partial charge in [0.25, 0.3) is 0 Å². The molecule has 0 rings (SSSR count). The monoisotopic (exact) mass is 198 g/mol. The van der Waals surface area contributed by atoms with Crippen molar-refractivity contribution in [2.75, 3.05) is 0 Å². The van der Waals surface area contributed by atoms with E-state index in [9.17, 15) is 14.4 Å². The maximum atomic E-state index is 11.1. The summed E-state index contributed by atoms with van der Waals surface area (Å²) in [5.41, 5.74) is 0. The first-order valence-corrected chi connectivity index (χ1v) is 4.99. The zero-order chi connectivity index (χ0) is 11.1. The van der Waals surface area contributed by atoms with Crippen LogP contribution in [0.15, 0.2) is 0 Å². The maximum Gasteiger partial charge on any atom is 0.133 e. The van der Waals surface area contributed by atoms with Crippen molar-refractivity contribution in [3.05, 3.63) is 0 Å². The van der Waals surface area contributed by atoms with Gasteiger partial charge in [0.1, 0.15) is 17.3 Å². The molecule has 0 radical (unpaired) electrons. The molecule has 3 nitrogen and oxygen atoms in total. The Kier molecular flexibility index (Phi) is 6.00. The average molecular weight is 198 g/mol. The van der Waals surface area contributed by atoms with Crippen molar-refractivity contribution >= 4 is 17.3 Å². The van der Waals surface area contributed by atoms with Crippen LogP contribution in [0.25, 0.3) is 0 Å². The molecule has 0 unspecified atom stereocenters. The number of hydrogen-bond acceptors (Lipinski definition) is 3. The zero-order valence-electron chi connectivity index (χ0n) is 9.13. The van der Waals surface area contributed by atoms with E-state index in [1.165, 1.54) is 13.8 Å². The Morgan fingerprint density at radius 2 is 1.71 bits per heavy atom. The third-order valence-corrected chi connectivity index (χ3v) is 2.29. The molecule has 0 aromatic rings. The van der Waals surface area contributed by atoms with E-state index in [2.05, 4.69) is 0 Å². The van der Waals surface area contributed by atoms with Crippen molar-refractivity contribution in [3.63, 3.8) is 0 Å². The summed E-state index contributed by atoms with van der Waals surface area (Å²) in [6.07, 6.45) is 1.65. The number of carbonyl (C=O) groups excluding carboxylic acids is 3. The molecule has 1 atom stereocenters. The first-order valence-electron chi connectivity index (χ1n) is 4.99. The predicted molar refractivity (Wildman–Crippen MR) is 54.0 cm³/mol. The zero-order valence-corrected chi connectivity index (χ0v) is 9.13. The second kappa shape index (κ2) is 6.46. The Labute approximate surface area is 84.9 Å². The smallest absolute Gasteiger partial charge is 0.133 e. The summed E-state index contributed by atoms with van der Waals surface area (Å²) in [5, 5.41) is 0. The van der Waals surface area contributed by atoms with Crippen LogP contribution in [-0.2, 0) is 14.4 Å². The minimum absolute atomic E-state index is 0.00745. The van der Waals surface area contributed by atoms with Crippen LogP contribution >= 0.6 is 0 Å². The van der Waals surface area contributed by atoms with E-state index < -0.39 is 0 Å². The molecule has 0 amide bonds. The quantitative estimate of drug-likeness (QED) is 0.628. The van der Waals surface area contributed by atoms with Crippen molar-refractivity contribution in [2.45, 2.75) is 46.5 Å². The minimum atomic E-state index is -0.258. The Morgan fingerprint density at radius 1 is 1.14 bits per heavy atom. The third-order valence-electron chi connectivity index (χ3n) is 2.29. The van der Waals surface area contributed by atoms with Gasteiger partial charge >= 0.3 is 0 Å². The second-order valence-corrected chi connectivity index (χ2v) is 3.64. The molecule has 0 aliphatic heterocycles. The summed E-state index contributed by atoms with van der Waals surface area (Å²) in [7, 11) is 0. The van der Waals surface area contributed by atoms with Crippen LogP contribution in [0.1, 0.15) is 46.5 Å². The molecule has 3 heteroatoms. The molecule has 0 aromatic carbocycles. The molecule has 0 heterocycles. The highest BCUT2D eigenvalue weighted by atomic mass is 16.1. The third kappa shape index (κ3) is 5.62. The lowest BCUT2D eigenvalue weighted by Crippen LogP contribution is -2.16. The van der Waals surface area contributed by atoms with Gasteiger partial charge in [0.2, 0.25) is 0 Å². The van der Waals surface area contributed by atoms with Crippen molar-refractivity contribution in [1.82, 2.24) is 0 Å². The Hall–Kier alpha value is -0.990. The van der Waals surface area contributed by atoms with Gasteiger partial charge < -0.3 is 4.79 Å². The van der Waals surface area contributed by atoms with Gasteiger partial charge in [-0.1, -0.05) is 6.92 Å². The normalized spacial score (nSPS) is 12.2. The first-order chi connectivity index (χ1) is 6.47. The van der Waals surface area contributed by atoms with Crippen molar-refractivity contribution < 1.29 is 14.4 Å². The lowest BCUT2D eigenvalue weighted by molar-refractivity contribution is -0.127. The molecule has 14 heavy (non-hydrogen) atoms. The van der Waals surface area contributed by atoms with E-state index in [1.54, 1.807) is 6.92 Å². The average Bonchev–Trinajstić information content (AvgIpc) is 2.10. The highest BCUT2D eigenvalue weighted by molar-refractivity contribution is 5.87. The first kappa shape index (κ1) is 13.0. The lowest BCUT2D eigenvalue weighted by atomic mass is 9.92. The van der Waals surface area contributed by atoms with Gasteiger partial charge in [0.15, 0.2) is 0 Å². The summed E-state index contributed by atoms with van der Waals surface area (Å²) in [4.78, 5) is 33.0. The number of carbonyl (C=O) groups is 3. The van der Waals surface area contributed by atoms with Gasteiger partial charge in [-0.05, 0) is 20.3 Å². The van der Waals surface area contributed by atoms with Crippen LogP contribution in [-0.4, -0.2) is 17.3 Å². The second-order valence-electron chi connectivity index (χ2n) is 3.64. The van der Waals surface area contributed by atoms with Gasteiger partial charge in [0.05, 0.1) is 0 Å². The number of ketones is 3. The number of hydrogen-bond donors (Lipinski definition) is 0. The highest BCUT2D eigenvalue weighted by Gasteiger charge is 2.17. The fourth-order valence-corrected chi connectivity index (χ4v) is 1.25. The molecular weight excluding hydrogens is 180 g/mol. The van der Waals surface area contributed by atoms with Crippen LogP contribution in [0.4, 0.5) is 0 Å². The fourth-order valence-electron chi connectivity index (χ4n) is 1.25. The van der Waals surface area contributed by atoms with Crippen molar-refractivity contribution in [1.29, 1.82) is 0 Å². The fraction of sp³-hybridized carbons (Fsp3) is 0.727. The van der Waals surface area contributed by atoms with Gasteiger partial charge in [0, 0.05) is 25.2 Å². The summed E-state index contributed by atoms with van der Waals surface area (Å²) in [6.45, 7) is 4.76. The van der Waals surface area contributed by atoms with Crippen LogP contribution in [0.3, 0.4) is 0 Å². The van der Waals surface area contributed by atoms with E-state index in [0.29, 0.717) is 25.7 Å². The Morgan fingerprint density at radius 3 is 2.07 bits per heavy atom. The largest absolute Gasteiger partial charge is 0.300 e. The van der Waals surface area contributed by atoms with Crippen LogP contribution in [0, 0.1) is 5.92 Å². The molecule has 0 aliphatic carbocycles. The molecular formula is C11H18O3. The molecule has 0 saturated carbocycles. The van der Waals surface area contributed by atoms with E-state index in [0.717, 1.165) is 0 Å². The Balaban J connectivity index is 4.09. The standard InChI is InChI=1S/C11H18O3/c1-4-11(14)7-10(9(3)13)6-5-8(2)12/h10H,4-7H2,1-3H3/t10-/m1/s1. The van der Waals surface area contributed by atoms with Crippen LogP contribution < -0.4 is 0 Å². The van der Waals surface area contributed by atoms with E-state index in [1.807, 2.05) is 0 Å². The minimum Gasteiger partial charge on any atom is -0.300 e. The summed E-state index contributed by atoms with van der Waals surface area (Å²) in [5.74, 6) is -0.0895. The number of Topliss-reactive ketones (excluding diaryl/α,β-unsaturated/α-hetero) is 3. The molecule has 0 N–H and O–H groups in total. The van der Waals surface area contributed by atoms with Crippen LogP contribution in [0.5, 0.6) is 0 Å². The predicted octanol–water partition coefficient (Wildman–Crippen LogP) is 1.93. The molecule has 0 aromatic heterocycles. The highest BCUT2D eigenvalue weighted by Crippen LogP contribution is 2.14. The summed E-state index contributed by atoms with van der Waals surface area (Å²) in [6, 6.07) is 0. The summed E-state index contributed by atoms with van der Waals surface area (Å²) < 4.78 is 0. The van der Waals surface area contributed by atoms with Gasteiger partial charge in [-0.3, -0.25) is 9.59 Å². The van der Waals surface area contributed by atoms with E-state index >= 15 is 0 Å². The Bertz CT molecular complexity index is 231. The topological polar surface area (TPSA) is 51.2 Å². The van der Waals surface area contributed by atoms with Crippen LogP contribution in [0.2, 0.25) is 0 Å².